The van der Waals surface area contributed by atoms with Gasteiger partial charge in [-0.15, -0.1) is 11.3 Å². The molecule has 0 bridgehead atoms. The average molecular weight is 296 g/mol. The van der Waals surface area contributed by atoms with Gasteiger partial charge in [-0.25, -0.2) is 4.98 Å². The first-order valence-electron chi connectivity index (χ1n) is 5.16. The number of aromatic nitrogens is 2. The third kappa shape index (κ3) is 2.14. The Labute approximate surface area is 117 Å². The second-order valence-electron chi connectivity index (χ2n) is 3.59. The molecule has 2 heterocycles. The molecule has 90 valence electrons. The van der Waals surface area contributed by atoms with Crippen molar-refractivity contribution in [3.8, 4) is 0 Å². The second-order valence-corrected chi connectivity index (χ2v) is 5.23. The van der Waals surface area contributed by atoms with Gasteiger partial charge in [-0.2, -0.15) is 4.98 Å². The highest BCUT2D eigenvalue weighted by molar-refractivity contribution is 7.16. The number of halogens is 2. The van der Waals surface area contributed by atoms with Crippen LogP contribution in [0.25, 0.3) is 10.2 Å². The number of rotatable bonds is 2. The Morgan fingerprint density at radius 2 is 1.89 bits per heavy atom. The fraction of sp³-hybridized carbons (Fsp3) is 0. The van der Waals surface area contributed by atoms with Gasteiger partial charge in [-0.1, -0.05) is 23.7 Å². The average Bonchev–Trinajstić information content (AvgIpc) is 2.80. The molecule has 0 unspecified atom stereocenters. The van der Waals surface area contributed by atoms with E-state index in [1.807, 2.05) is 35.7 Å². The number of para-hydroxylation sites is 1. The lowest BCUT2D eigenvalue weighted by atomic mass is 10.3. The summed E-state index contributed by atoms with van der Waals surface area (Å²) in [5.74, 6) is 0.666. The van der Waals surface area contributed by atoms with Crippen molar-refractivity contribution in [1.82, 2.24) is 9.97 Å². The lowest BCUT2D eigenvalue weighted by Gasteiger charge is -2.08. The van der Waals surface area contributed by atoms with Crippen LogP contribution < -0.4 is 5.32 Å². The molecule has 0 aliphatic carbocycles. The first kappa shape index (κ1) is 11.7. The van der Waals surface area contributed by atoms with Crippen molar-refractivity contribution in [2.24, 2.45) is 0 Å². The maximum atomic E-state index is 6.10. The summed E-state index contributed by atoms with van der Waals surface area (Å²) in [6.45, 7) is 0. The first-order chi connectivity index (χ1) is 8.74. The third-order valence-electron chi connectivity index (χ3n) is 2.42. The largest absolute Gasteiger partial charge is 0.338 e. The van der Waals surface area contributed by atoms with E-state index in [4.69, 9.17) is 23.2 Å². The van der Waals surface area contributed by atoms with Crippen molar-refractivity contribution in [1.29, 1.82) is 0 Å². The van der Waals surface area contributed by atoms with E-state index in [9.17, 15) is 0 Å². The lowest BCUT2D eigenvalue weighted by Crippen LogP contribution is -1.96. The highest BCUT2D eigenvalue weighted by Gasteiger charge is 2.09. The molecule has 0 fully saturated rings. The summed E-state index contributed by atoms with van der Waals surface area (Å²) in [4.78, 5) is 9.21. The summed E-state index contributed by atoms with van der Waals surface area (Å²) in [6, 6.07) is 9.44. The quantitative estimate of drug-likeness (QED) is 0.694. The van der Waals surface area contributed by atoms with Gasteiger partial charge in [0, 0.05) is 0 Å². The minimum absolute atomic E-state index is 0.222. The van der Waals surface area contributed by atoms with Crippen molar-refractivity contribution in [3.05, 3.63) is 46.0 Å². The standard InChI is InChI=1S/C12H7Cl2N3S/c13-8-3-1-2-4-9(8)15-10-7-5-6-18-11(7)17-12(14)16-10/h1-6H,(H,15,16,17). The molecule has 0 saturated carbocycles. The Balaban J connectivity index is 2.10. The van der Waals surface area contributed by atoms with Crippen molar-refractivity contribution in [2.75, 3.05) is 5.32 Å². The van der Waals surface area contributed by atoms with Gasteiger partial charge < -0.3 is 5.32 Å². The number of nitrogens with one attached hydrogen (secondary N) is 1. The maximum Gasteiger partial charge on any atom is 0.225 e. The molecule has 3 rings (SSSR count). The van der Waals surface area contributed by atoms with E-state index in [1.54, 1.807) is 0 Å². The first-order valence-corrected chi connectivity index (χ1v) is 6.80. The second kappa shape index (κ2) is 4.72. The number of nitrogens with zero attached hydrogens (tertiary/aromatic N) is 2. The van der Waals surface area contributed by atoms with Gasteiger partial charge in [0.1, 0.15) is 10.6 Å². The van der Waals surface area contributed by atoms with Gasteiger partial charge in [0.25, 0.3) is 0 Å². The maximum absolute atomic E-state index is 6.10. The van der Waals surface area contributed by atoms with E-state index in [1.165, 1.54) is 11.3 Å². The van der Waals surface area contributed by atoms with E-state index in [-0.39, 0.29) is 5.28 Å². The van der Waals surface area contributed by atoms with Crippen LogP contribution in [-0.4, -0.2) is 9.97 Å². The summed E-state index contributed by atoms with van der Waals surface area (Å²) in [6.07, 6.45) is 0. The summed E-state index contributed by atoms with van der Waals surface area (Å²) < 4.78 is 0. The molecule has 2 aromatic heterocycles. The molecule has 0 amide bonds. The van der Waals surface area contributed by atoms with Crippen LogP contribution in [0, 0.1) is 0 Å². The minimum Gasteiger partial charge on any atom is -0.338 e. The molecule has 0 aliphatic rings. The molecule has 0 atom stereocenters. The van der Waals surface area contributed by atoms with Crippen LogP contribution in [0.1, 0.15) is 0 Å². The summed E-state index contributed by atoms with van der Waals surface area (Å²) in [7, 11) is 0. The third-order valence-corrected chi connectivity index (χ3v) is 3.73. The molecule has 3 aromatic rings. The van der Waals surface area contributed by atoms with Crippen LogP contribution in [0.4, 0.5) is 11.5 Å². The predicted molar refractivity (Wildman–Crippen MR) is 77.2 cm³/mol. The van der Waals surface area contributed by atoms with E-state index in [2.05, 4.69) is 15.3 Å². The molecule has 18 heavy (non-hydrogen) atoms. The monoisotopic (exact) mass is 295 g/mol. The zero-order chi connectivity index (χ0) is 12.5. The molecular formula is C12H7Cl2N3S. The molecule has 1 N–H and O–H groups in total. The van der Waals surface area contributed by atoms with Crippen molar-refractivity contribution >= 4 is 56.3 Å². The van der Waals surface area contributed by atoms with E-state index < -0.39 is 0 Å². The van der Waals surface area contributed by atoms with Gasteiger partial charge in [-0.05, 0) is 35.2 Å². The molecule has 6 heteroatoms. The van der Waals surface area contributed by atoms with E-state index >= 15 is 0 Å². The normalized spacial score (nSPS) is 10.8. The number of fused-ring (bicyclic) bond motifs is 1. The number of benzene rings is 1. The van der Waals surface area contributed by atoms with E-state index in [0.29, 0.717) is 10.8 Å². The smallest absolute Gasteiger partial charge is 0.225 e. The summed E-state index contributed by atoms with van der Waals surface area (Å²) >= 11 is 13.5. The van der Waals surface area contributed by atoms with Crippen molar-refractivity contribution in [3.63, 3.8) is 0 Å². The van der Waals surface area contributed by atoms with Crippen LogP contribution in [0.2, 0.25) is 10.3 Å². The van der Waals surface area contributed by atoms with Crippen LogP contribution >= 0.6 is 34.5 Å². The van der Waals surface area contributed by atoms with Crippen LogP contribution in [0.5, 0.6) is 0 Å². The molecule has 0 saturated heterocycles. The zero-order valence-corrected chi connectivity index (χ0v) is 11.4. The fourth-order valence-electron chi connectivity index (χ4n) is 1.61. The van der Waals surface area contributed by atoms with Crippen LogP contribution in [0.15, 0.2) is 35.7 Å². The minimum atomic E-state index is 0.222. The van der Waals surface area contributed by atoms with E-state index in [0.717, 1.165) is 15.9 Å². The highest BCUT2D eigenvalue weighted by Crippen LogP contribution is 2.30. The van der Waals surface area contributed by atoms with Gasteiger partial charge in [-0.3, -0.25) is 0 Å². The van der Waals surface area contributed by atoms with Gasteiger partial charge in [0.2, 0.25) is 5.28 Å². The molecule has 3 nitrogen and oxygen atoms in total. The lowest BCUT2D eigenvalue weighted by molar-refractivity contribution is 1.23. The number of anilines is 2. The Bertz CT molecular complexity index is 711. The Morgan fingerprint density at radius 3 is 2.72 bits per heavy atom. The summed E-state index contributed by atoms with van der Waals surface area (Å²) in [5.41, 5.74) is 0.793. The Hall–Kier alpha value is -1.36. The highest BCUT2D eigenvalue weighted by atomic mass is 35.5. The molecular weight excluding hydrogens is 289 g/mol. The van der Waals surface area contributed by atoms with Gasteiger partial charge >= 0.3 is 0 Å². The SMILES string of the molecule is Clc1nc(Nc2ccccc2Cl)c2ccsc2n1. The number of hydrogen-bond donors (Lipinski definition) is 1. The molecule has 0 radical (unpaired) electrons. The number of hydrogen-bond acceptors (Lipinski definition) is 4. The molecule has 1 aromatic carbocycles. The summed E-state index contributed by atoms with van der Waals surface area (Å²) in [5, 5.41) is 6.92. The van der Waals surface area contributed by atoms with Crippen molar-refractivity contribution < 1.29 is 0 Å². The zero-order valence-electron chi connectivity index (χ0n) is 9.02. The Morgan fingerprint density at radius 1 is 1.06 bits per heavy atom. The number of thiophene rings is 1. The molecule has 0 aliphatic heterocycles. The van der Waals surface area contributed by atoms with Gasteiger partial charge in [0.05, 0.1) is 16.1 Å². The van der Waals surface area contributed by atoms with Crippen LogP contribution in [0.3, 0.4) is 0 Å². The molecule has 0 spiro atoms. The van der Waals surface area contributed by atoms with Crippen molar-refractivity contribution in [2.45, 2.75) is 0 Å². The fourth-order valence-corrected chi connectivity index (χ4v) is 2.78. The predicted octanol–water partition coefficient (Wildman–Crippen LogP) is 4.74. The van der Waals surface area contributed by atoms with Crippen LogP contribution in [-0.2, 0) is 0 Å². The topological polar surface area (TPSA) is 37.8 Å². The van der Waals surface area contributed by atoms with Gasteiger partial charge in [0.15, 0.2) is 0 Å². The Kier molecular flexibility index (Phi) is 3.07.